The maximum Gasteiger partial charge on any atom is 0.315 e. The first-order valence-corrected chi connectivity index (χ1v) is 15.6. The van der Waals surface area contributed by atoms with Crippen molar-refractivity contribution in [3.63, 3.8) is 0 Å². The predicted molar refractivity (Wildman–Crippen MR) is 159 cm³/mol. The topological polar surface area (TPSA) is 166 Å². The first-order chi connectivity index (χ1) is 19.8. The van der Waals surface area contributed by atoms with Crippen LogP contribution in [0, 0.1) is 34.5 Å². The van der Waals surface area contributed by atoms with E-state index in [1.165, 1.54) is 4.90 Å². The monoisotopic (exact) mass is 602 g/mol. The van der Waals surface area contributed by atoms with Crippen LogP contribution in [0.2, 0.25) is 0 Å². The van der Waals surface area contributed by atoms with E-state index in [4.69, 9.17) is 0 Å². The lowest BCUT2D eigenvalue weighted by atomic mass is 9.85. The molecule has 0 bridgehead atoms. The van der Waals surface area contributed by atoms with E-state index in [9.17, 15) is 28.8 Å². The number of piperidine rings is 1. The number of fused-ring (bicyclic) bond motifs is 1. The summed E-state index contributed by atoms with van der Waals surface area (Å²) in [5.74, 6) is -2.88. The van der Waals surface area contributed by atoms with Crippen molar-refractivity contribution in [2.75, 3.05) is 19.6 Å². The molecule has 6 amide bonds. The fourth-order valence-electron chi connectivity index (χ4n) is 6.58. The van der Waals surface area contributed by atoms with Crippen LogP contribution in [0.15, 0.2) is 0 Å². The van der Waals surface area contributed by atoms with Gasteiger partial charge in [-0.1, -0.05) is 34.6 Å². The molecule has 0 aromatic carbocycles. The van der Waals surface area contributed by atoms with Crippen molar-refractivity contribution in [1.29, 1.82) is 0 Å². The Morgan fingerprint density at radius 3 is 2.19 bits per heavy atom. The Labute approximate surface area is 254 Å². The molecular weight excluding hydrogens is 552 g/mol. The SMILES string of the molecule is CC(C)(C)NC(=O)N[C@H](C(=O)N1C[C@H]2[C@@H]([C@H]1C(=O)N[C@@H](C[C@@H]1CCNC1=O)C(=O)C(=O)NCC1CC1)C2(C)C)C(C)(C)C. The first-order valence-electron chi connectivity index (χ1n) is 15.6. The van der Waals surface area contributed by atoms with E-state index in [-0.39, 0.29) is 35.5 Å². The van der Waals surface area contributed by atoms with Gasteiger partial charge >= 0.3 is 6.03 Å². The van der Waals surface area contributed by atoms with Crippen molar-refractivity contribution >= 4 is 35.4 Å². The quantitative estimate of drug-likeness (QED) is 0.235. The molecule has 0 spiro atoms. The molecule has 2 saturated carbocycles. The molecule has 2 aliphatic carbocycles. The average Bonchev–Trinajstić information content (AvgIpc) is 3.67. The minimum atomic E-state index is -1.20. The van der Waals surface area contributed by atoms with Gasteiger partial charge in [-0.25, -0.2) is 4.79 Å². The van der Waals surface area contributed by atoms with Crippen LogP contribution in [0.25, 0.3) is 0 Å². The fraction of sp³-hybridized carbons (Fsp3) is 0.806. The first kappa shape index (κ1) is 32.7. The van der Waals surface area contributed by atoms with Crippen LogP contribution in [0.3, 0.4) is 0 Å². The molecule has 2 heterocycles. The molecule has 0 unspecified atom stereocenters. The molecule has 0 aromatic rings. The third kappa shape index (κ3) is 7.49. The molecule has 4 fully saturated rings. The van der Waals surface area contributed by atoms with Crippen molar-refractivity contribution in [2.45, 2.75) is 105 Å². The van der Waals surface area contributed by atoms with Gasteiger partial charge in [0.2, 0.25) is 23.5 Å². The lowest BCUT2D eigenvalue weighted by molar-refractivity contribution is -0.145. The zero-order chi connectivity index (χ0) is 32.1. The molecule has 0 aromatic heterocycles. The van der Waals surface area contributed by atoms with Gasteiger partial charge < -0.3 is 31.5 Å². The Bertz CT molecular complexity index is 1170. The van der Waals surface area contributed by atoms with Crippen molar-refractivity contribution in [3.05, 3.63) is 0 Å². The van der Waals surface area contributed by atoms with Gasteiger partial charge in [0, 0.05) is 31.1 Å². The van der Waals surface area contributed by atoms with Crippen molar-refractivity contribution in [2.24, 2.45) is 34.5 Å². The number of carbonyl (C=O) groups excluding carboxylic acids is 6. The highest BCUT2D eigenvalue weighted by Gasteiger charge is 2.70. The van der Waals surface area contributed by atoms with Crippen LogP contribution in [-0.2, 0) is 24.0 Å². The van der Waals surface area contributed by atoms with Gasteiger partial charge in [0.05, 0.1) is 6.04 Å². The van der Waals surface area contributed by atoms with Crippen molar-refractivity contribution in [3.8, 4) is 0 Å². The highest BCUT2D eigenvalue weighted by Crippen LogP contribution is 2.65. The molecule has 5 N–H and O–H groups in total. The molecule has 43 heavy (non-hydrogen) atoms. The molecule has 6 atom stereocenters. The zero-order valence-corrected chi connectivity index (χ0v) is 26.9. The van der Waals surface area contributed by atoms with Gasteiger partial charge in [0.25, 0.3) is 5.91 Å². The molecule has 4 aliphatic rings. The van der Waals surface area contributed by atoms with Crippen LogP contribution in [-0.4, -0.2) is 83.6 Å². The lowest BCUT2D eigenvalue weighted by Gasteiger charge is -2.38. The summed E-state index contributed by atoms with van der Waals surface area (Å²) in [5.41, 5.74) is -1.37. The third-order valence-corrected chi connectivity index (χ3v) is 9.43. The molecular formula is C31H50N6O6. The van der Waals surface area contributed by atoms with Crippen LogP contribution >= 0.6 is 0 Å². The smallest absolute Gasteiger partial charge is 0.315 e. The number of nitrogens with zero attached hydrogens (tertiary/aromatic N) is 1. The minimum Gasteiger partial charge on any atom is -0.356 e. The maximum absolute atomic E-state index is 14.1. The van der Waals surface area contributed by atoms with Crippen LogP contribution in [0.4, 0.5) is 4.79 Å². The number of hydrogen-bond donors (Lipinski definition) is 5. The number of nitrogens with one attached hydrogen (secondary N) is 5. The summed E-state index contributed by atoms with van der Waals surface area (Å²) in [5, 5.41) is 13.9. The Balaban J connectivity index is 1.55. The molecule has 4 rings (SSSR count). The Morgan fingerprint density at radius 1 is 1.00 bits per heavy atom. The van der Waals surface area contributed by atoms with E-state index < -0.39 is 58.6 Å². The highest BCUT2D eigenvalue weighted by atomic mass is 16.2. The summed E-state index contributed by atoms with van der Waals surface area (Å²) < 4.78 is 0. The van der Waals surface area contributed by atoms with Gasteiger partial charge in [-0.2, -0.15) is 0 Å². The van der Waals surface area contributed by atoms with Crippen LogP contribution < -0.4 is 26.6 Å². The average molecular weight is 603 g/mol. The highest BCUT2D eigenvalue weighted by molar-refractivity contribution is 6.38. The summed E-state index contributed by atoms with van der Waals surface area (Å²) in [7, 11) is 0. The summed E-state index contributed by atoms with van der Waals surface area (Å²) in [4.78, 5) is 81.0. The summed E-state index contributed by atoms with van der Waals surface area (Å²) in [6.45, 7) is 16.4. The van der Waals surface area contributed by atoms with Crippen molar-refractivity contribution in [1.82, 2.24) is 31.5 Å². The summed E-state index contributed by atoms with van der Waals surface area (Å²) >= 11 is 0. The van der Waals surface area contributed by atoms with Gasteiger partial charge in [-0.15, -0.1) is 0 Å². The molecule has 2 saturated heterocycles. The Hall–Kier alpha value is -3.18. The molecule has 12 nitrogen and oxygen atoms in total. The summed E-state index contributed by atoms with van der Waals surface area (Å²) in [6, 6.07) is -3.48. The standard InChI is InChI=1S/C31H50N6O6/c1-29(2,3)23(35-28(43)36-30(4,5)6)27(42)37-15-18-20(31(18,7)8)21(37)25(40)34-19(13-17-11-12-32-24(17)39)22(38)26(41)33-14-16-9-10-16/h16-21,23H,9-15H2,1-8H3,(H,32,39)(H,33,41)(H,34,40)(H2,35,36,43)/t17-,18-,19-,20-,21-,23+/m0/s1. The second-order valence-electron chi connectivity index (χ2n) is 15.6. The van der Waals surface area contributed by atoms with Gasteiger partial charge in [-0.3, -0.25) is 24.0 Å². The van der Waals surface area contributed by atoms with E-state index in [1.807, 2.05) is 41.5 Å². The number of hydrogen-bond acceptors (Lipinski definition) is 6. The Kier molecular flexibility index (Phi) is 8.92. The molecule has 12 heteroatoms. The number of urea groups is 1. The van der Waals surface area contributed by atoms with Gasteiger partial charge in [0.1, 0.15) is 12.1 Å². The van der Waals surface area contributed by atoms with Gasteiger partial charge in [0.15, 0.2) is 0 Å². The van der Waals surface area contributed by atoms with E-state index in [0.717, 1.165) is 12.8 Å². The predicted octanol–water partition coefficient (Wildman–Crippen LogP) is 1.09. The zero-order valence-electron chi connectivity index (χ0n) is 26.9. The molecule has 2 aliphatic heterocycles. The third-order valence-electron chi connectivity index (χ3n) is 9.43. The number of Topliss-reactive ketones (excluding diaryl/α,β-unsaturated/α-hetero) is 1. The van der Waals surface area contributed by atoms with E-state index in [1.54, 1.807) is 0 Å². The van der Waals surface area contributed by atoms with E-state index >= 15 is 0 Å². The molecule has 240 valence electrons. The minimum absolute atomic E-state index is 0.00452. The number of amides is 6. The number of rotatable bonds is 10. The van der Waals surface area contributed by atoms with E-state index in [2.05, 4.69) is 40.4 Å². The van der Waals surface area contributed by atoms with Gasteiger partial charge in [-0.05, 0) is 75.0 Å². The number of ketones is 1. The second-order valence-corrected chi connectivity index (χ2v) is 15.6. The maximum atomic E-state index is 14.1. The van der Waals surface area contributed by atoms with Crippen molar-refractivity contribution < 1.29 is 28.8 Å². The van der Waals surface area contributed by atoms with Crippen LogP contribution in [0.1, 0.15) is 81.1 Å². The number of likely N-dealkylation sites (tertiary alicyclic amines) is 1. The van der Waals surface area contributed by atoms with Crippen LogP contribution in [0.5, 0.6) is 0 Å². The van der Waals surface area contributed by atoms with E-state index in [0.29, 0.717) is 32.0 Å². The fourth-order valence-corrected chi connectivity index (χ4v) is 6.58. The molecule has 0 radical (unpaired) electrons. The summed E-state index contributed by atoms with van der Waals surface area (Å²) in [6.07, 6.45) is 2.51. The largest absolute Gasteiger partial charge is 0.356 e. The normalized spacial score (nSPS) is 27.3. The Morgan fingerprint density at radius 2 is 1.65 bits per heavy atom. The lowest BCUT2D eigenvalue weighted by Crippen LogP contribution is -2.62. The second kappa shape index (κ2) is 11.7. The number of carbonyl (C=O) groups is 6.